The van der Waals surface area contributed by atoms with Gasteiger partial charge in [0.25, 0.3) is 0 Å². The number of benzene rings is 2. The van der Waals surface area contributed by atoms with Crippen LogP contribution in [0.1, 0.15) is 15.9 Å². The third-order valence-corrected chi connectivity index (χ3v) is 3.41. The summed E-state index contributed by atoms with van der Waals surface area (Å²) in [4.78, 5) is 23.6. The molecule has 0 fully saturated rings. The van der Waals surface area contributed by atoms with Crippen LogP contribution in [0.4, 0.5) is 0 Å². The summed E-state index contributed by atoms with van der Waals surface area (Å²) in [5, 5.41) is 0.533. The highest BCUT2D eigenvalue weighted by atomic mass is 35.5. The van der Waals surface area contributed by atoms with Crippen LogP contribution in [0.15, 0.2) is 54.6 Å². The summed E-state index contributed by atoms with van der Waals surface area (Å²) in [7, 11) is 1.55. The van der Waals surface area contributed by atoms with Crippen molar-refractivity contribution >= 4 is 29.4 Å². The fraction of sp³-hybridized carbons (Fsp3) is 0.111. The molecule has 0 aliphatic carbocycles. The summed E-state index contributed by atoms with van der Waals surface area (Å²) in [6.07, 6.45) is 2.78. The molecule has 0 spiro atoms. The van der Waals surface area contributed by atoms with Crippen molar-refractivity contribution in [3.63, 3.8) is 0 Å². The fourth-order valence-corrected chi connectivity index (χ4v) is 2.01. The van der Waals surface area contributed by atoms with Crippen LogP contribution in [0, 0.1) is 0 Å². The number of hydrogen-bond acceptors (Lipinski definition) is 4. The molecule has 2 aromatic rings. The molecule has 0 aromatic heterocycles. The van der Waals surface area contributed by atoms with Gasteiger partial charge in [-0.05, 0) is 42.0 Å². The van der Waals surface area contributed by atoms with Crippen molar-refractivity contribution in [1.29, 1.82) is 0 Å². The SMILES string of the molecule is COc1ccc(C(=O)COC(=O)/C=C/c2ccccc2Cl)cc1. The molecule has 0 saturated heterocycles. The van der Waals surface area contributed by atoms with E-state index < -0.39 is 5.97 Å². The molecule has 0 aliphatic heterocycles. The third-order valence-electron chi connectivity index (χ3n) is 3.06. The zero-order valence-electron chi connectivity index (χ0n) is 12.5. The van der Waals surface area contributed by atoms with Crippen LogP contribution in [0.2, 0.25) is 5.02 Å². The number of rotatable bonds is 6. The first-order valence-electron chi connectivity index (χ1n) is 6.87. The average molecular weight is 331 g/mol. The number of halogens is 1. The molecule has 0 amide bonds. The molecule has 2 rings (SSSR count). The monoisotopic (exact) mass is 330 g/mol. The van der Waals surface area contributed by atoms with Crippen LogP contribution in [-0.2, 0) is 9.53 Å². The van der Waals surface area contributed by atoms with E-state index in [4.69, 9.17) is 21.1 Å². The lowest BCUT2D eigenvalue weighted by Gasteiger charge is -2.03. The average Bonchev–Trinajstić information content (AvgIpc) is 2.59. The van der Waals surface area contributed by atoms with Gasteiger partial charge in [0.05, 0.1) is 7.11 Å². The van der Waals surface area contributed by atoms with E-state index in [2.05, 4.69) is 0 Å². The molecular weight excluding hydrogens is 316 g/mol. The molecule has 4 nitrogen and oxygen atoms in total. The van der Waals surface area contributed by atoms with E-state index in [1.54, 1.807) is 55.7 Å². The van der Waals surface area contributed by atoms with Crippen molar-refractivity contribution in [2.24, 2.45) is 0 Å². The normalized spacial score (nSPS) is 10.5. The second-order valence-electron chi connectivity index (χ2n) is 4.61. The second-order valence-corrected chi connectivity index (χ2v) is 5.02. The molecule has 0 unspecified atom stereocenters. The first kappa shape index (κ1) is 16.8. The Bertz CT molecular complexity index is 720. The van der Waals surface area contributed by atoms with Crippen molar-refractivity contribution in [2.75, 3.05) is 13.7 Å². The summed E-state index contributed by atoms with van der Waals surface area (Å²) < 4.78 is 9.94. The Morgan fingerprint density at radius 2 is 1.78 bits per heavy atom. The number of ether oxygens (including phenoxy) is 2. The third kappa shape index (κ3) is 4.97. The summed E-state index contributed by atoms with van der Waals surface area (Å²) in [5.41, 5.74) is 1.15. The number of hydrogen-bond donors (Lipinski definition) is 0. The Morgan fingerprint density at radius 1 is 1.09 bits per heavy atom. The standard InChI is InChI=1S/C18H15ClO4/c1-22-15-9-6-14(7-10-15)17(20)12-23-18(21)11-8-13-4-2-3-5-16(13)19/h2-11H,12H2,1H3/b11-8+. The van der Waals surface area contributed by atoms with Gasteiger partial charge in [-0.1, -0.05) is 29.8 Å². The number of methoxy groups -OCH3 is 1. The zero-order chi connectivity index (χ0) is 16.7. The maximum atomic E-state index is 11.9. The minimum atomic E-state index is -0.605. The highest BCUT2D eigenvalue weighted by molar-refractivity contribution is 6.32. The molecule has 0 atom stereocenters. The first-order chi connectivity index (χ1) is 11.1. The van der Waals surface area contributed by atoms with E-state index in [0.29, 0.717) is 21.9 Å². The lowest BCUT2D eigenvalue weighted by Crippen LogP contribution is -2.12. The van der Waals surface area contributed by atoms with Crippen molar-refractivity contribution in [3.05, 3.63) is 70.8 Å². The van der Waals surface area contributed by atoms with Gasteiger partial charge in [0.15, 0.2) is 12.4 Å². The zero-order valence-corrected chi connectivity index (χ0v) is 13.2. The predicted octanol–water partition coefficient (Wildman–Crippen LogP) is 3.79. The minimum absolute atomic E-state index is 0.285. The molecule has 0 bridgehead atoms. The molecular formula is C18H15ClO4. The minimum Gasteiger partial charge on any atom is -0.497 e. The van der Waals surface area contributed by atoms with Crippen molar-refractivity contribution < 1.29 is 19.1 Å². The van der Waals surface area contributed by atoms with Crippen LogP contribution < -0.4 is 4.74 Å². The Kier molecular flexibility index (Phi) is 5.94. The van der Waals surface area contributed by atoms with Crippen LogP contribution >= 0.6 is 11.6 Å². The number of esters is 1. The fourth-order valence-electron chi connectivity index (χ4n) is 1.81. The molecule has 0 aliphatic rings. The van der Waals surface area contributed by atoms with E-state index >= 15 is 0 Å². The molecule has 0 heterocycles. The van der Waals surface area contributed by atoms with Gasteiger partial charge >= 0.3 is 5.97 Å². The topological polar surface area (TPSA) is 52.6 Å². The van der Waals surface area contributed by atoms with Crippen LogP contribution in [0.25, 0.3) is 6.08 Å². The number of carbonyl (C=O) groups excluding carboxylic acids is 2. The van der Waals surface area contributed by atoms with Crippen molar-refractivity contribution in [1.82, 2.24) is 0 Å². The van der Waals surface area contributed by atoms with E-state index in [9.17, 15) is 9.59 Å². The number of ketones is 1. The quantitative estimate of drug-likeness (QED) is 0.459. The van der Waals surface area contributed by atoms with Gasteiger partial charge in [0, 0.05) is 16.7 Å². The maximum absolute atomic E-state index is 11.9. The Hall–Kier alpha value is -2.59. The maximum Gasteiger partial charge on any atom is 0.331 e. The van der Waals surface area contributed by atoms with Crippen molar-refractivity contribution in [3.8, 4) is 5.75 Å². The molecule has 118 valence electrons. The van der Waals surface area contributed by atoms with Gasteiger partial charge in [-0.2, -0.15) is 0 Å². The van der Waals surface area contributed by atoms with Gasteiger partial charge in [0.2, 0.25) is 0 Å². The Labute approximate surface area is 139 Å². The molecule has 23 heavy (non-hydrogen) atoms. The van der Waals surface area contributed by atoms with E-state index in [1.807, 2.05) is 6.07 Å². The van der Waals surface area contributed by atoms with E-state index in [0.717, 1.165) is 0 Å². The first-order valence-corrected chi connectivity index (χ1v) is 7.24. The number of carbonyl (C=O) groups is 2. The summed E-state index contributed by atoms with van der Waals surface area (Å²) in [5.74, 6) is -0.236. The highest BCUT2D eigenvalue weighted by Crippen LogP contribution is 2.16. The lowest BCUT2D eigenvalue weighted by molar-refractivity contribution is -0.136. The van der Waals surface area contributed by atoms with Gasteiger partial charge in [-0.15, -0.1) is 0 Å². The summed E-state index contributed by atoms with van der Waals surface area (Å²) in [6.45, 7) is -0.321. The smallest absolute Gasteiger partial charge is 0.331 e. The molecule has 0 N–H and O–H groups in total. The van der Waals surface area contributed by atoms with Crippen LogP contribution in [-0.4, -0.2) is 25.5 Å². The summed E-state index contributed by atoms with van der Waals surface area (Å²) in [6, 6.07) is 13.7. The van der Waals surface area contributed by atoms with Gasteiger partial charge in [-0.25, -0.2) is 4.79 Å². The van der Waals surface area contributed by atoms with Gasteiger partial charge in [0.1, 0.15) is 5.75 Å². The Morgan fingerprint density at radius 3 is 2.43 bits per heavy atom. The molecule has 0 radical (unpaired) electrons. The molecule has 5 heteroatoms. The van der Waals surface area contributed by atoms with Crippen molar-refractivity contribution in [2.45, 2.75) is 0 Å². The second kappa shape index (κ2) is 8.15. The highest BCUT2D eigenvalue weighted by Gasteiger charge is 2.08. The lowest BCUT2D eigenvalue weighted by atomic mass is 10.1. The summed E-state index contributed by atoms with van der Waals surface area (Å²) >= 11 is 5.97. The van der Waals surface area contributed by atoms with E-state index in [-0.39, 0.29) is 12.4 Å². The van der Waals surface area contributed by atoms with Crippen LogP contribution in [0.3, 0.4) is 0 Å². The predicted molar refractivity (Wildman–Crippen MR) is 88.8 cm³/mol. The number of Topliss-reactive ketones (excluding diaryl/α,β-unsaturated/α-hetero) is 1. The van der Waals surface area contributed by atoms with Gasteiger partial charge in [-0.3, -0.25) is 4.79 Å². The van der Waals surface area contributed by atoms with Crippen LogP contribution in [0.5, 0.6) is 5.75 Å². The molecule has 0 saturated carbocycles. The van der Waals surface area contributed by atoms with Gasteiger partial charge < -0.3 is 9.47 Å². The largest absolute Gasteiger partial charge is 0.497 e. The Balaban J connectivity index is 1.88. The molecule has 2 aromatic carbocycles. The van der Waals surface area contributed by atoms with E-state index in [1.165, 1.54) is 6.08 Å².